The summed E-state index contributed by atoms with van der Waals surface area (Å²) in [4.78, 5) is 0. The number of nitrogens with two attached hydrogens (primary N) is 2. The molecule has 196 valence electrons. The lowest BCUT2D eigenvalue weighted by atomic mass is 9.90. The van der Waals surface area contributed by atoms with Gasteiger partial charge in [-0.1, -0.05) is 60.7 Å². The van der Waals surface area contributed by atoms with Gasteiger partial charge in [0.05, 0.1) is 24.4 Å². The van der Waals surface area contributed by atoms with Gasteiger partial charge in [0.25, 0.3) is 0 Å². The maximum Gasteiger partial charge on any atom is 0.148 e. The first-order chi connectivity index (χ1) is 17.5. The van der Waals surface area contributed by atoms with Crippen molar-refractivity contribution in [2.45, 2.75) is 113 Å². The van der Waals surface area contributed by atoms with Gasteiger partial charge in [0, 0.05) is 28.4 Å². The van der Waals surface area contributed by atoms with E-state index in [1.54, 1.807) is 0 Å². The van der Waals surface area contributed by atoms with Gasteiger partial charge in [-0.15, -0.1) is 0 Å². The summed E-state index contributed by atoms with van der Waals surface area (Å²) < 4.78 is 28.6. The van der Waals surface area contributed by atoms with Gasteiger partial charge in [0.1, 0.15) is 7.14 Å². The molecule has 6 heteroatoms. The Labute approximate surface area is 216 Å². The highest BCUT2D eigenvalue weighted by molar-refractivity contribution is 7.79. The molecule has 3 aliphatic carbocycles. The largest absolute Gasteiger partial charge is 0.375 e. The molecule has 2 aromatic carbocycles. The van der Waals surface area contributed by atoms with E-state index in [2.05, 4.69) is 0 Å². The summed E-state index contributed by atoms with van der Waals surface area (Å²) in [5.41, 5.74) is 12.6. The van der Waals surface area contributed by atoms with Gasteiger partial charge in [0.15, 0.2) is 0 Å². The summed E-state index contributed by atoms with van der Waals surface area (Å²) in [6.07, 6.45) is 11.5. The molecule has 2 aromatic rings. The maximum atomic E-state index is 15.1. The predicted molar refractivity (Wildman–Crippen MR) is 148 cm³/mol. The summed E-state index contributed by atoms with van der Waals surface area (Å²) in [5, 5.41) is 1.84. The fraction of sp³-hybridized carbons (Fsp3) is 0.600. The molecule has 0 radical (unpaired) electrons. The topological polar surface area (TPSA) is 87.6 Å². The van der Waals surface area contributed by atoms with Gasteiger partial charge in [0.2, 0.25) is 0 Å². The average molecular weight is 511 g/mol. The van der Waals surface area contributed by atoms with Gasteiger partial charge in [-0.3, -0.25) is 0 Å². The highest BCUT2D eigenvalue weighted by atomic mass is 31.2. The summed E-state index contributed by atoms with van der Waals surface area (Å²) in [6, 6.07) is 20.4. The van der Waals surface area contributed by atoms with E-state index in [4.69, 9.17) is 20.9 Å². The fourth-order valence-electron chi connectivity index (χ4n) is 6.71. The number of hydrogen-bond donors (Lipinski definition) is 2. The smallest absolute Gasteiger partial charge is 0.148 e. The SMILES string of the molecule is NC1CCCC(OC2CCCC(OC3CC(N)CCC3P(=O)(c3ccccc3)c3ccccc3)C2)C1. The Morgan fingerprint density at radius 2 is 1.14 bits per heavy atom. The molecule has 3 saturated carbocycles. The molecule has 4 N–H and O–H groups in total. The average Bonchev–Trinajstić information content (AvgIpc) is 2.90. The van der Waals surface area contributed by atoms with Crippen molar-refractivity contribution in [3.63, 3.8) is 0 Å². The van der Waals surface area contributed by atoms with E-state index in [0.29, 0.717) is 0 Å². The Hall–Kier alpha value is -1.49. The van der Waals surface area contributed by atoms with E-state index in [0.717, 1.165) is 81.2 Å². The van der Waals surface area contributed by atoms with Crippen LogP contribution in [0.1, 0.15) is 70.6 Å². The van der Waals surface area contributed by atoms with Crippen molar-refractivity contribution in [2.75, 3.05) is 0 Å². The highest BCUT2D eigenvalue weighted by Crippen LogP contribution is 2.54. The van der Waals surface area contributed by atoms with Gasteiger partial charge in [-0.25, -0.2) is 0 Å². The van der Waals surface area contributed by atoms with E-state index in [-0.39, 0.29) is 42.2 Å². The second-order valence-corrected chi connectivity index (χ2v) is 14.3. The van der Waals surface area contributed by atoms with Crippen molar-refractivity contribution < 1.29 is 14.0 Å². The number of benzene rings is 2. The minimum Gasteiger partial charge on any atom is -0.375 e. The van der Waals surface area contributed by atoms with E-state index < -0.39 is 7.14 Å². The zero-order valence-corrected chi connectivity index (χ0v) is 22.3. The Morgan fingerprint density at radius 1 is 0.611 bits per heavy atom. The highest BCUT2D eigenvalue weighted by Gasteiger charge is 2.45. The minimum atomic E-state index is -2.93. The third-order valence-electron chi connectivity index (χ3n) is 8.54. The standard InChI is InChI=1S/C30H43N2O3P/c31-22-9-7-10-24(19-22)34-25-11-8-12-26(21-25)35-29-20-23(32)17-18-30(29)36(33,27-13-3-1-4-14-27)28-15-5-2-6-16-28/h1-6,13-16,22-26,29-30H,7-12,17-21,31-32H2. The molecule has 7 unspecified atom stereocenters. The molecule has 7 atom stereocenters. The third kappa shape index (κ3) is 5.97. The molecule has 3 aliphatic rings. The monoisotopic (exact) mass is 510 g/mol. The van der Waals surface area contributed by atoms with Crippen LogP contribution in [0.2, 0.25) is 0 Å². The molecule has 5 rings (SSSR count). The summed E-state index contributed by atoms with van der Waals surface area (Å²) in [6.45, 7) is 0. The molecule has 5 nitrogen and oxygen atoms in total. The van der Waals surface area contributed by atoms with Crippen LogP contribution in [0, 0.1) is 0 Å². The molecular weight excluding hydrogens is 467 g/mol. The number of rotatable bonds is 7. The van der Waals surface area contributed by atoms with Gasteiger partial charge < -0.3 is 25.5 Å². The Bertz CT molecular complexity index is 960. The van der Waals surface area contributed by atoms with Crippen LogP contribution in [-0.4, -0.2) is 42.2 Å². The van der Waals surface area contributed by atoms with Crippen LogP contribution in [0.5, 0.6) is 0 Å². The van der Waals surface area contributed by atoms with Crippen LogP contribution in [0.3, 0.4) is 0 Å². The van der Waals surface area contributed by atoms with E-state index in [1.807, 2.05) is 60.7 Å². The van der Waals surface area contributed by atoms with Crippen LogP contribution in [0.4, 0.5) is 0 Å². The van der Waals surface area contributed by atoms with Crippen LogP contribution < -0.4 is 22.1 Å². The van der Waals surface area contributed by atoms with Crippen molar-refractivity contribution in [3.8, 4) is 0 Å². The second-order valence-electron chi connectivity index (χ2n) is 11.2. The van der Waals surface area contributed by atoms with Gasteiger partial charge in [-0.2, -0.15) is 0 Å². The molecule has 0 amide bonds. The number of hydrogen-bond acceptors (Lipinski definition) is 5. The second kappa shape index (κ2) is 11.9. The molecule has 0 aromatic heterocycles. The third-order valence-corrected chi connectivity index (χ3v) is 12.2. The van der Waals surface area contributed by atoms with Gasteiger partial charge in [-0.05, 0) is 70.6 Å². The molecule has 0 aliphatic heterocycles. The van der Waals surface area contributed by atoms with Crippen LogP contribution in [-0.2, 0) is 14.0 Å². The Kier molecular flexibility index (Phi) is 8.65. The molecule has 0 heterocycles. The normalized spacial score (nSPS) is 33.8. The van der Waals surface area contributed by atoms with Crippen LogP contribution in [0.25, 0.3) is 0 Å². The van der Waals surface area contributed by atoms with Crippen LogP contribution >= 0.6 is 7.14 Å². The van der Waals surface area contributed by atoms with Crippen molar-refractivity contribution in [3.05, 3.63) is 60.7 Å². The van der Waals surface area contributed by atoms with Gasteiger partial charge >= 0.3 is 0 Å². The minimum absolute atomic E-state index is 0.0697. The lowest BCUT2D eigenvalue weighted by Crippen LogP contribution is -2.47. The van der Waals surface area contributed by atoms with Crippen molar-refractivity contribution in [1.29, 1.82) is 0 Å². The summed E-state index contributed by atoms with van der Waals surface area (Å²) >= 11 is 0. The fourth-order valence-corrected chi connectivity index (χ4v) is 10.2. The Morgan fingerprint density at radius 3 is 1.75 bits per heavy atom. The molecule has 36 heavy (non-hydrogen) atoms. The quantitative estimate of drug-likeness (QED) is 0.520. The molecule has 0 bridgehead atoms. The zero-order valence-electron chi connectivity index (χ0n) is 21.4. The molecular formula is C30H43N2O3P. The summed E-state index contributed by atoms with van der Waals surface area (Å²) in [5.74, 6) is 0. The first-order valence-electron chi connectivity index (χ1n) is 14.1. The van der Waals surface area contributed by atoms with Crippen molar-refractivity contribution >= 4 is 17.8 Å². The molecule has 0 spiro atoms. The van der Waals surface area contributed by atoms with E-state index in [1.165, 1.54) is 0 Å². The first-order valence-corrected chi connectivity index (χ1v) is 15.8. The van der Waals surface area contributed by atoms with E-state index in [9.17, 15) is 0 Å². The first kappa shape index (κ1) is 26.1. The molecule has 0 saturated heterocycles. The Balaban J connectivity index is 1.35. The van der Waals surface area contributed by atoms with Crippen molar-refractivity contribution in [2.24, 2.45) is 11.5 Å². The predicted octanol–water partition coefficient (Wildman–Crippen LogP) is 4.86. The van der Waals surface area contributed by atoms with E-state index >= 15 is 4.57 Å². The summed E-state index contributed by atoms with van der Waals surface area (Å²) in [7, 11) is -2.93. The van der Waals surface area contributed by atoms with Crippen molar-refractivity contribution in [1.82, 2.24) is 0 Å². The lowest BCUT2D eigenvalue weighted by molar-refractivity contribution is -0.105. The zero-order chi connectivity index (χ0) is 25.0. The van der Waals surface area contributed by atoms with Crippen LogP contribution in [0.15, 0.2) is 60.7 Å². The molecule has 3 fully saturated rings. The maximum absolute atomic E-state index is 15.1. The number of ether oxygens (including phenoxy) is 2. The lowest BCUT2D eigenvalue weighted by Gasteiger charge is -2.42.